The lowest BCUT2D eigenvalue weighted by Crippen LogP contribution is -2.28. The average molecular weight is 483 g/mol. The fourth-order valence-corrected chi connectivity index (χ4v) is 5.08. The maximum Gasteiger partial charge on any atom is 0.309 e. The number of aliphatic hydroxyl groups excluding tert-OH is 1. The molecule has 2 N–H and O–H groups in total. The summed E-state index contributed by atoms with van der Waals surface area (Å²) in [5.41, 5.74) is 0. The van der Waals surface area contributed by atoms with E-state index >= 15 is 0 Å². The lowest BCUT2D eigenvalue weighted by atomic mass is 9.91. The fraction of sp³-hybridized carbons (Fsp3) is 0.968. The van der Waals surface area contributed by atoms with E-state index in [2.05, 4.69) is 13.8 Å². The Balaban J connectivity index is 3.58. The van der Waals surface area contributed by atoms with Crippen molar-refractivity contribution >= 4 is 5.97 Å². The highest BCUT2D eigenvalue weighted by molar-refractivity contribution is 5.70. The maximum absolute atomic E-state index is 11.6. The summed E-state index contributed by atoms with van der Waals surface area (Å²) in [7, 11) is 0. The molecule has 0 aromatic carbocycles. The maximum atomic E-state index is 11.6. The van der Waals surface area contributed by atoms with Crippen LogP contribution >= 0.6 is 0 Å². The molecule has 3 nitrogen and oxygen atoms in total. The summed E-state index contributed by atoms with van der Waals surface area (Å²) >= 11 is 0. The Labute approximate surface area is 213 Å². The smallest absolute Gasteiger partial charge is 0.309 e. The molecule has 0 radical (unpaired) electrons. The van der Waals surface area contributed by atoms with Crippen molar-refractivity contribution in [1.29, 1.82) is 0 Å². The molecule has 0 rings (SSSR count). The molecule has 0 aromatic rings. The molecule has 0 saturated carbocycles. The van der Waals surface area contributed by atoms with Crippen LogP contribution in [0.4, 0.5) is 0 Å². The summed E-state index contributed by atoms with van der Waals surface area (Å²) in [5.74, 6) is -1.38. The van der Waals surface area contributed by atoms with Crippen LogP contribution < -0.4 is 0 Å². The van der Waals surface area contributed by atoms with E-state index < -0.39 is 18.0 Å². The second-order valence-electron chi connectivity index (χ2n) is 10.9. The minimum absolute atomic E-state index is 0.573. The molecule has 0 aliphatic carbocycles. The Morgan fingerprint density at radius 3 is 1.03 bits per heavy atom. The quantitative estimate of drug-likeness (QED) is 0.109. The topological polar surface area (TPSA) is 57.5 Å². The third-order valence-electron chi connectivity index (χ3n) is 7.50. The molecule has 0 spiro atoms. The SMILES string of the molecule is CCCCCCCCCCCCCCC[C@H](C(=O)O)[C@H](O)CCCCCCCCCCCCC. The van der Waals surface area contributed by atoms with Gasteiger partial charge < -0.3 is 10.2 Å². The molecular formula is C31H62O3. The monoisotopic (exact) mass is 482 g/mol. The lowest BCUT2D eigenvalue weighted by molar-refractivity contribution is -0.146. The van der Waals surface area contributed by atoms with E-state index in [0.717, 1.165) is 25.7 Å². The van der Waals surface area contributed by atoms with Gasteiger partial charge in [0.1, 0.15) is 0 Å². The van der Waals surface area contributed by atoms with E-state index in [1.807, 2.05) is 0 Å². The van der Waals surface area contributed by atoms with Gasteiger partial charge in [-0.2, -0.15) is 0 Å². The average Bonchev–Trinajstić information content (AvgIpc) is 2.82. The van der Waals surface area contributed by atoms with Crippen LogP contribution in [0.2, 0.25) is 0 Å². The first-order chi connectivity index (χ1) is 16.6. The molecule has 0 bridgehead atoms. The summed E-state index contributed by atoms with van der Waals surface area (Å²) in [4.78, 5) is 11.6. The molecule has 0 fully saturated rings. The van der Waals surface area contributed by atoms with E-state index in [1.165, 1.54) is 128 Å². The minimum atomic E-state index is -0.811. The first-order valence-corrected chi connectivity index (χ1v) is 15.5. The Morgan fingerprint density at radius 1 is 0.471 bits per heavy atom. The van der Waals surface area contributed by atoms with E-state index in [0.29, 0.717) is 12.8 Å². The molecule has 0 aliphatic rings. The Morgan fingerprint density at radius 2 is 0.735 bits per heavy atom. The third-order valence-corrected chi connectivity index (χ3v) is 7.50. The molecule has 0 aromatic heterocycles. The predicted molar refractivity (Wildman–Crippen MR) is 149 cm³/mol. The standard InChI is InChI=1S/C31H62O3/c1-3-5-7-9-11-13-15-16-18-19-21-23-25-27-29(31(33)34)30(32)28-26-24-22-20-17-14-12-10-8-6-4-2/h29-30,32H,3-28H2,1-2H3,(H,33,34)/t29-,30+/m0/s1. The van der Waals surface area contributed by atoms with Crippen molar-refractivity contribution in [2.75, 3.05) is 0 Å². The summed E-state index contributed by atoms with van der Waals surface area (Å²) in [6.45, 7) is 4.53. The van der Waals surface area contributed by atoms with Gasteiger partial charge in [-0.1, -0.05) is 168 Å². The molecule has 0 amide bonds. The van der Waals surface area contributed by atoms with Crippen LogP contribution in [0.25, 0.3) is 0 Å². The van der Waals surface area contributed by atoms with Gasteiger partial charge in [-0.05, 0) is 12.8 Å². The molecule has 2 atom stereocenters. The van der Waals surface area contributed by atoms with E-state index in [9.17, 15) is 15.0 Å². The summed E-state index contributed by atoms with van der Waals surface area (Å²) in [6, 6.07) is 0. The zero-order chi connectivity index (χ0) is 25.1. The van der Waals surface area contributed by atoms with Gasteiger partial charge in [0.2, 0.25) is 0 Å². The van der Waals surface area contributed by atoms with Gasteiger partial charge in [0.15, 0.2) is 0 Å². The first kappa shape index (κ1) is 33.4. The number of carboxylic acid groups (broad SMARTS) is 1. The number of hydrogen-bond acceptors (Lipinski definition) is 2. The van der Waals surface area contributed by atoms with Crippen LogP contribution in [0, 0.1) is 5.92 Å². The summed E-state index contributed by atoms with van der Waals surface area (Å²) in [6.07, 6.45) is 31.6. The second-order valence-corrected chi connectivity index (χ2v) is 10.9. The van der Waals surface area contributed by atoms with Gasteiger partial charge in [0.05, 0.1) is 12.0 Å². The highest BCUT2D eigenvalue weighted by Crippen LogP contribution is 2.21. The van der Waals surface area contributed by atoms with Gasteiger partial charge in [-0.3, -0.25) is 4.79 Å². The number of aliphatic hydroxyl groups is 1. The zero-order valence-electron chi connectivity index (χ0n) is 23.3. The zero-order valence-corrected chi connectivity index (χ0v) is 23.3. The van der Waals surface area contributed by atoms with Gasteiger partial charge in [0, 0.05) is 0 Å². The van der Waals surface area contributed by atoms with Crippen LogP contribution in [-0.2, 0) is 4.79 Å². The van der Waals surface area contributed by atoms with E-state index in [1.54, 1.807) is 0 Å². The highest BCUT2D eigenvalue weighted by Gasteiger charge is 2.25. The van der Waals surface area contributed by atoms with Crippen molar-refractivity contribution in [2.24, 2.45) is 5.92 Å². The minimum Gasteiger partial charge on any atom is -0.481 e. The van der Waals surface area contributed by atoms with Crippen molar-refractivity contribution in [3.63, 3.8) is 0 Å². The molecule has 0 aliphatic heterocycles. The summed E-state index contributed by atoms with van der Waals surface area (Å²) in [5, 5.41) is 20.0. The third kappa shape index (κ3) is 23.2. The number of hydrogen-bond donors (Lipinski definition) is 2. The van der Waals surface area contributed by atoms with Crippen molar-refractivity contribution < 1.29 is 15.0 Å². The van der Waals surface area contributed by atoms with Crippen molar-refractivity contribution in [3.8, 4) is 0 Å². The molecule has 3 heteroatoms. The molecule has 0 unspecified atom stereocenters. The Hall–Kier alpha value is -0.570. The van der Waals surface area contributed by atoms with Gasteiger partial charge in [-0.25, -0.2) is 0 Å². The van der Waals surface area contributed by atoms with Crippen LogP contribution in [-0.4, -0.2) is 22.3 Å². The van der Waals surface area contributed by atoms with Crippen molar-refractivity contribution in [3.05, 3.63) is 0 Å². The Bertz CT molecular complexity index is 409. The number of aliphatic carboxylic acids is 1. The van der Waals surface area contributed by atoms with Gasteiger partial charge >= 0.3 is 5.97 Å². The molecule has 0 saturated heterocycles. The van der Waals surface area contributed by atoms with Gasteiger partial charge in [0.25, 0.3) is 0 Å². The highest BCUT2D eigenvalue weighted by atomic mass is 16.4. The van der Waals surface area contributed by atoms with Crippen LogP contribution in [0.5, 0.6) is 0 Å². The molecule has 204 valence electrons. The fourth-order valence-electron chi connectivity index (χ4n) is 5.08. The second kappa shape index (κ2) is 27.0. The van der Waals surface area contributed by atoms with Crippen molar-refractivity contribution in [1.82, 2.24) is 0 Å². The summed E-state index contributed by atoms with van der Waals surface area (Å²) < 4.78 is 0. The molecular weight excluding hydrogens is 420 g/mol. The van der Waals surface area contributed by atoms with Crippen LogP contribution in [0.15, 0.2) is 0 Å². The number of carboxylic acids is 1. The normalized spacial score (nSPS) is 13.3. The van der Waals surface area contributed by atoms with Crippen molar-refractivity contribution in [2.45, 2.75) is 187 Å². The van der Waals surface area contributed by atoms with Gasteiger partial charge in [-0.15, -0.1) is 0 Å². The van der Waals surface area contributed by atoms with E-state index in [-0.39, 0.29) is 0 Å². The van der Waals surface area contributed by atoms with Crippen LogP contribution in [0.1, 0.15) is 181 Å². The largest absolute Gasteiger partial charge is 0.481 e. The molecule has 34 heavy (non-hydrogen) atoms. The van der Waals surface area contributed by atoms with Crippen LogP contribution in [0.3, 0.4) is 0 Å². The number of carbonyl (C=O) groups is 1. The first-order valence-electron chi connectivity index (χ1n) is 15.5. The lowest BCUT2D eigenvalue weighted by Gasteiger charge is -2.19. The molecule has 0 heterocycles. The predicted octanol–water partition coefficient (Wildman–Crippen LogP) is 10.2. The number of rotatable bonds is 28. The van der Waals surface area contributed by atoms with E-state index in [4.69, 9.17) is 0 Å². The number of unbranched alkanes of at least 4 members (excludes halogenated alkanes) is 22. The Kier molecular flexibility index (Phi) is 26.6.